The second-order valence-corrected chi connectivity index (χ2v) is 7.59. The van der Waals surface area contributed by atoms with E-state index in [-0.39, 0.29) is 24.9 Å². The van der Waals surface area contributed by atoms with Crippen LogP contribution in [-0.2, 0) is 0 Å². The van der Waals surface area contributed by atoms with Crippen LogP contribution in [0, 0.1) is 0 Å². The fourth-order valence-electron chi connectivity index (χ4n) is 4.67. The van der Waals surface area contributed by atoms with Crippen LogP contribution < -0.4 is 0 Å². The zero-order chi connectivity index (χ0) is 21.1. The van der Waals surface area contributed by atoms with Crippen molar-refractivity contribution in [1.82, 2.24) is 29.7 Å². The minimum atomic E-state index is -0.0709. The van der Waals surface area contributed by atoms with Crippen LogP contribution in [0.1, 0.15) is 69.1 Å². The van der Waals surface area contributed by atoms with Gasteiger partial charge in [0, 0.05) is 30.5 Å². The van der Waals surface area contributed by atoms with E-state index in [2.05, 4.69) is 74.8 Å². The average Bonchev–Trinajstić information content (AvgIpc) is 3.53. The minimum absolute atomic E-state index is 0.0152. The molecule has 0 amide bonds. The predicted octanol–water partition coefficient (Wildman–Crippen LogP) is 4.28. The Kier molecular flexibility index (Phi) is 5.90. The van der Waals surface area contributed by atoms with Gasteiger partial charge < -0.3 is 24.9 Å². The highest BCUT2D eigenvalue weighted by atomic mass is 16.3. The number of nitrogens with zero attached hydrogens (tertiary/aromatic N) is 4. The van der Waals surface area contributed by atoms with Crippen molar-refractivity contribution in [3.63, 3.8) is 0 Å². The highest BCUT2D eigenvalue weighted by molar-refractivity contribution is 5.31. The summed E-state index contributed by atoms with van der Waals surface area (Å²) in [6.45, 7) is 6.40. The molecule has 2 aromatic heterocycles. The topological polar surface area (TPSA) is 84.1 Å². The number of aromatic amines is 2. The fraction of sp³-hybridized carbons (Fsp3) is 0.391. The zero-order valence-corrected chi connectivity index (χ0v) is 17.8. The van der Waals surface area contributed by atoms with Crippen LogP contribution in [-0.4, -0.2) is 41.4 Å². The van der Waals surface area contributed by atoms with Crippen molar-refractivity contribution in [3.05, 3.63) is 83.7 Å². The molecule has 3 atom stereocenters. The van der Waals surface area contributed by atoms with E-state index in [9.17, 15) is 5.11 Å². The largest absolute Gasteiger partial charge is 0.390 e. The number of H-pyrrole nitrogens is 2. The van der Waals surface area contributed by atoms with E-state index in [1.165, 1.54) is 5.56 Å². The molecule has 0 saturated heterocycles. The molecule has 1 aliphatic heterocycles. The number of rotatable bonds is 8. The van der Waals surface area contributed by atoms with Gasteiger partial charge in [0.15, 0.2) is 0 Å². The maximum Gasteiger partial charge on any atom is 0.129 e. The minimum Gasteiger partial charge on any atom is -0.390 e. The summed E-state index contributed by atoms with van der Waals surface area (Å²) in [6.07, 6.45) is 8.99. The fourth-order valence-corrected chi connectivity index (χ4v) is 4.67. The number of hydrogen-bond donors (Lipinski definition) is 3. The molecule has 0 fully saturated rings. The third-order valence-corrected chi connectivity index (χ3v) is 6.01. The first kappa shape index (κ1) is 20.2. The Morgan fingerprint density at radius 1 is 0.933 bits per heavy atom. The number of aromatic nitrogens is 4. The van der Waals surface area contributed by atoms with Crippen LogP contribution in [0.15, 0.2) is 66.5 Å². The van der Waals surface area contributed by atoms with Crippen LogP contribution >= 0.6 is 0 Å². The summed E-state index contributed by atoms with van der Waals surface area (Å²) >= 11 is 0. The molecule has 7 heteroatoms. The molecular weight excluding hydrogens is 376 g/mol. The Bertz CT molecular complexity index is 951. The lowest BCUT2D eigenvalue weighted by atomic mass is 10.0. The standard InChI is InChI=1S/C23H30N6O/c1-4-18(21-24-11-12-25-21)28-16(3)20(15-30)29(19(5-2)22-26-13-14-27-22)23(28)17-9-7-6-8-10-17/h6-14,18-19,23,30H,4-5,15H2,1-3H3,(H,24,25)(H,26,27). The molecule has 158 valence electrons. The van der Waals surface area contributed by atoms with Crippen LogP contribution in [0.3, 0.4) is 0 Å². The van der Waals surface area contributed by atoms with Crippen molar-refractivity contribution < 1.29 is 5.11 Å². The van der Waals surface area contributed by atoms with Gasteiger partial charge in [0.2, 0.25) is 0 Å². The van der Waals surface area contributed by atoms with E-state index in [1.807, 2.05) is 18.5 Å². The van der Waals surface area contributed by atoms with Crippen LogP contribution in [0.4, 0.5) is 0 Å². The van der Waals surface area contributed by atoms with Crippen molar-refractivity contribution >= 4 is 0 Å². The molecule has 3 heterocycles. The first-order chi connectivity index (χ1) is 14.7. The molecule has 1 aliphatic rings. The van der Waals surface area contributed by atoms with Crippen molar-refractivity contribution in [2.75, 3.05) is 6.61 Å². The molecule has 1 aromatic carbocycles. The first-order valence-corrected chi connectivity index (χ1v) is 10.6. The van der Waals surface area contributed by atoms with Gasteiger partial charge in [-0.15, -0.1) is 0 Å². The van der Waals surface area contributed by atoms with Crippen LogP contribution in [0.2, 0.25) is 0 Å². The maximum atomic E-state index is 10.4. The van der Waals surface area contributed by atoms with E-state index >= 15 is 0 Å². The Morgan fingerprint density at radius 2 is 1.50 bits per heavy atom. The summed E-state index contributed by atoms with van der Waals surface area (Å²) in [4.78, 5) is 20.4. The molecule has 30 heavy (non-hydrogen) atoms. The van der Waals surface area contributed by atoms with E-state index in [1.54, 1.807) is 12.4 Å². The van der Waals surface area contributed by atoms with E-state index in [4.69, 9.17) is 0 Å². The number of imidazole rings is 2. The van der Waals surface area contributed by atoms with Gasteiger partial charge in [0.05, 0.1) is 24.4 Å². The summed E-state index contributed by atoms with van der Waals surface area (Å²) in [5.41, 5.74) is 3.17. The highest BCUT2D eigenvalue weighted by Crippen LogP contribution is 2.49. The number of nitrogens with one attached hydrogen (secondary N) is 2. The lowest BCUT2D eigenvalue weighted by Gasteiger charge is -2.41. The molecular formula is C23H30N6O. The van der Waals surface area contributed by atoms with Gasteiger partial charge >= 0.3 is 0 Å². The Labute approximate surface area is 177 Å². The highest BCUT2D eigenvalue weighted by Gasteiger charge is 2.44. The third-order valence-electron chi connectivity index (χ3n) is 6.01. The van der Waals surface area contributed by atoms with Gasteiger partial charge in [0.25, 0.3) is 0 Å². The Hall–Kier alpha value is -3.06. The first-order valence-electron chi connectivity index (χ1n) is 10.6. The third kappa shape index (κ3) is 3.39. The molecule has 4 rings (SSSR count). The number of hydrogen-bond acceptors (Lipinski definition) is 5. The Morgan fingerprint density at radius 3 is 1.97 bits per heavy atom. The summed E-state index contributed by atoms with van der Waals surface area (Å²) in [6, 6.07) is 10.6. The zero-order valence-electron chi connectivity index (χ0n) is 17.8. The van der Waals surface area contributed by atoms with Crippen molar-refractivity contribution in [1.29, 1.82) is 0 Å². The maximum absolute atomic E-state index is 10.4. The summed E-state index contributed by atoms with van der Waals surface area (Å²) in [5, 5.41) is 10.4. The van der Waals surface area contributed by atoms with E-state index < -0.39 is 0 Å². The van der Waals surface area contributed by atoms with Gasteiger partial charge in [0.1, 0.15) is 17.8 Å². The van der Waals surface area contributed by atoms with Gasteiger partial charge in [-0.1, -0.05) is 44.2 Å². The van der Waals surface area contributed by atoms with E-state index in [0.717, 1.165) is 35.9 Å². The number of benzene rings is 1. The normalized spacial score (nSPS) is 18.9. The lowest BCUT2D eigenvalue weighted by molar-refractivity contribution is 0.0553. The predicted molar refractivity (Wildman–Crippen MR) is 116 cm³/mol. The van der Waals surface area contributed by atoms with Gasteiger partial charge in [-0.3, -0.25) is 0 Å². The molecule has 3 aromatic rings. The quantitative estimate of drug-likeness (QED) is 0.520. The van der Waals surface area contributed by atoms with Crippen LogP contribution in [0.5, 0.6) is 0 Å². The van der Waals surface area contributed by atoms with Crippen molar-refractivity contribution in [2.45, 2.75) is 51.9 Å². The second kappa shape index (κ2) is 8.75. The number of allylic oxidation sites excluding steroid dienone is 1. The SMILES string of the molecule is CCC(c1ncc[nH]1)N1C(C)=C(CO)N(C(CC)c2ncc[nH]2)C1c1ccccc1. The molecule has 3 N–H and O–H groups in total. The van der Waals surface area contributed by atoms with Crippen molar-refractivity contribution in [2.24, 2.45) is 0 Å². The average molecular weight is 407 g/mol. The summed E-state index contributed by atoms with van der Waals surface area (Å²) in [7, 11) is 0. The molecule has 0 radical (unpaired) electrons. The van der Waals surface area contributed by atoms with Crippen LogP contribution in [0.25, 0.3) is 0 Å². The van der Waals surface area contributed by atoms with E-state index in [0.29, 0.717) is 0 Å². The monoisotopic (exact) mass is 406 g/mol. The summed E-state index contributed by atoms with van der Waals surface area (Å²) < 4.78 is 0. The molecule has 0 aliphatic carbocycles. The molecule has 0 saturated carbocycles. The number of aliphatic hydroxyl groups excluding tert-OH is 1. The van der Waals surface area contributed by atoms with Crippen molar-refractivity contribution in [3.8, 4) is 0 Å². The van der Waals surface area contributed by atoms with Gasteiger partial charge in [-0.2, -0.15) is 0 Å². The Balaban J connectivity index is 1.87. The molecule has 7 nitrogen and oxygen atoms in total. The molecule has 0 spiro atoms. The van der Waals surface area contributed by atoms with Gasteiger partial charge in [-0.25, -0.2) is 9.97 Å². The van der Waals surface area contributed by atoms with Gasteiger partial charge in [-0.05, 0) is 25.3 Å². The smallest absolute Gasteiger partial charge is 0.129 e. The lowest BCUT2D eigenvalue weighted by Crippen LogP contribution is -2.38. The second-order valence-electron chi connectivity index (χ2n) is 7.59. The molecule has 0 bridgehead atoms. The number of aliphatic hydroxyl groups is 1. The summed E-state index contributed by atoms with van der Waals surface area (Å²) in [5.74, 6) is 1.84. The molecule has 3 unspecified atom stereocenters.